The van der Waals surface area contributed by atoms with Crippen molar-refractivity contribution in [2.75, 3.05) is 5.32 Å². The number of anilines is 1. The summed E-state index contributed by atoms with van der Waals surface area (Å²) < 4.78 is 7.36. The number of rotatable bonds is 5. The van der Waals surface area contributed by atoms with Crippen LogP contribution in [0.3, 0.4) is 0 Å². The summed E-state index contributed by atoms with van der Waals surface area (Å²) in [5.41, 5.74) is 3.83. The third kappa shape index (κ3) is 4.20. The molecule has 0 aliphatic rings. The van der Waals surface area contributed by atoms with Crippen molar-refractivity contribution in [2.45, 2.75) is 20.0 Å². The fraction of sp³-hybridized carbons (Fsp3) is 0.120. The zero-order chi connectivity index (χ0) is 22.7. The highest BCUT2D eigenvalue weighted by molar-refractivity contribution is 5.98. The number of carbonyl (C=O) groups excluding carboxylic acids is 2. The lowest BCUT2D eigenvalue weighted by Crippen LogP contribution is -2.30. The Hall–Kier alpha value is -4.44. The second-order valence-electron chi connectivity index (χ2n) is 7.26. The Morgan fingerprint density at radius 2 is 1.78 bits per heavy atom. The molecule has 0 unspecified atom stereocenters. The highest BCUT2D eigenvalue weighted by Crippen LogP contribution is 2.23. The predicted molar refractivity (Wildman–Crippen MR) is 120 cm³/mol. The SMILES string of the molecule is Cc1nc2cc(C(=O)O[C@H](C)C(=O)Nc3ccc(C#N)cc3)ccc2n1-c1ccccc1. The average molecular weight is 424 g/mol. The quantitative estimate of drug-likeness (QED) is 0.479. The number of fused-ring (bicyclic) bond motifs is 1. The summed E-state index contributed by atoms with van der Waals surface area (Å²) in [6.07, 6.45) is -1.00. The lowest BCUT2D eigenvalue weighted by molar-refractivity contribution is -0.123. The minimum absolute atomic E-state index is 0.313. The van der Waals surface area contributed by atoms with Crippen molar-refractivity contribution in [3.63, 3.8) is 0 Å². The second-order valence-corrected chi connectivity index (χ2v) is 7.26. The minimum Gasteiger partial charge on any atom is -0.449 e. The normalized spacial score (nSPS) is 11.5. The molecule has 0 aliphatic heterocycles. The fourth-order valence-electron chi connectivity index (χ4n) is 3.38. The molecule has 158 valence electrons. The van der Waals surface area contributed by atoms with Crippen molar-refractivity contribution in [1.82, 2.24) is 9.55 Å². The summed E-state index contributed by atoms with van der Waals surface area (Å²) >= 11 is 0. The average Bonchev–Trinajstić information content (AvgIpc) is 3.14. The van der Waals surface area contributed by atoms with Gasteiger partial charge in [0.15, 0.2) is 6.10 Å². The molecule has 0 spiro atoms. The number of aromatic nitrogens is 2. The van der Waals surface area contributed by atoms with Gasteiger partial charge < -0.3 is 10.1 Å². The topological polar surface area (TPSA) is 97.0 Å². The molecule has 7 heteroatoms. The molecule has 1 amide bonds. The Kier molecular flexibility index (Phi) is 5.69. The van der Waals surface area contributed by atoms with Crippen LogP contribution in [0.1, 0.15) is 28.7 Å². The summed E-state index contributed by atoms with van der Waals surface area (Å²) in [7, 11) is 0. The van der Waals surface area contributed by atoms with E-state index in [1.54, 1.807) is 36.4 Å². The van der Waals surface area contributed by atoms with Gasteiger partial charge in [-0.05, 0) is 68.4 Å². The highest BCUT2D eigenvalue weighted by atomic mass is 16.5. The lowest BCUT2D eigenvalue weighted by Gasteiger charge is -2.13. The molecule has 0 aliphatic carbocycles. The Morgan fingerprint density at radius 3 is 2.47 bits per heavy atom. The first-order valence-electron chi connectivity index (χ1n) is 10.0. The molecule has 0 radical (unpaired) electrons. The van der Waals surface area contributed by atoms with E-state index in [2.05, 4.69) is 10.3 Å². The number of para-hydroxylation sites is 1. The molecule has 1 N–H and O–H groups in total. The molecule has 4 rings (SSSR count). The van der Waals surface area contributed by atoms with Crippen molar-refractivity contribution in [2.24, 2.45) is 0 Å². The molecule has 7 nitrogen and oxygen atoms in total. The number of aryl methyl sites for hydroxylation is 1. The number of esters is 1. The smallest absolute Gasteiger partial charge is 0.338 e. The van der Waals surface area contributed by atoms with E-state index in [0.29, 0.717) is 22.3 Å². The summed E-state index contributed by atoms with van der Waals surface area (Å²) in [4.78, 5) is 29.6. The van der Waals surface area contributed by atoms with Gasteiger partial charge in [0.05, 0.1) is 28.2 Å². The van der Waals surface area contributed by atoms with Gasteiger partial charge in [-0.1, -0.05) is 18.2 Å². The van der Waals surface area contributed by atoms with Gasteiger partial charge in [0.25, 0.3) is 5.91 Å². The number of carbonyl (C=O) groups is 2. The van der Waals surface area contributed by atoms with E-state index in [1.165, 1.54) is 6.92 Å². The number of nitrogens with zero attached hydrogens (tertiary/aromatic N) is 3. The third-order valence-corrected chi connectivity index (χ3v) is 5.01. The van der Waals surface area contributed by atoms with Crippen LogP contribution in [0.25, 0.3) is 16.7 Å². The maximum atomic E-state index is 12.6. The molecule has 0 fully saturated rings. The number of nitriles is 1. The van der Waals surface area contributed by atoms with Crippen LogP contribution < -0.4 is 5.32 Å². The molecule has 3 aromatic carbocycles. The number of imidazole rings is 1. The van der Waals surface area contributed by atoms with E-state index in [1.807, 2.05) is 54.0 Å². The van der Waals surface area contributed by atoms with Crippen molar-refractivity contribution < 1.29 is 14.3 Å². The van der Waals surface area contributed by atoms with Crippen LogP contribution in [-0.4, -0.2) is 27.5 Å². The third-order valence-electron chi connectivity index (χ3n) is 5.01. The Morgan fingerprint density at radius 1 is 1.06 bits per heavy atom. The maximum Gasteiger partial charge on any atom is 0.338 e. The molecule has 1 atom stereocenters. The molecule has 0 saturated heterocycles. The molecular formula is C25H20N4O3. The summed E-state index contributed by atoms with van der Waals surface area (Å²) in [5, 5.41) is 11.5. The molecular weight excluding hydrogens is 404 g/mol. The van der Waals surface area contributed by atoms with Gasteiger partial charge in [0.2, 0.25) is 0 Å². The number of amides is 1. The number of benzene rings is 3. The van der Waals surface area contributed by atoms with Crippen LogP contribution in [-0.2, 0) is 9.53 Å². The maximum absolute atomic E-state index is 12.6. The Labute approximate surface area is 184 Å². The molecule has 32 heavy (non-hydrogen) atoms. The molecule has 0 bridgehead atoms. The highest BCUT2D eigenvalue weighted by Gasteiger charge is 2.20. The summed E-state index contributed by atoms with van der Waals surface area (Å²) in [5.74, 6) is -0.276. The van der Waals surface area contributed by atoms with Gasteiger partial charge in [-0.25, -0.2) is 9.78 Å². The molecule has 4 aromatic rings. The van der Waals surface area contributed by atoms with Crippen LogP contribution in [0, 0.1) is 18.3 Å². The largest absolute Gasteiger partial charge is 0.449 e. The van der Waals surface area contributed by atoms with Gasteiger partial charge in [0.1, 0.15) is 5.82 Å². The monoisotopic (exact) mass is 424 g/mol. The number of hydrogen-bond acceptors (Lipinski definition) is 5. The van der Waals surface area contributed by atoms with Crippen molar-refractivity contribution in [3.05, 3.63) is 89.7 Å². The first kappa shape index (κ1) is 20.8. The van der Waals surface area contributed by atoms with E-state index < -0.39 is 18.0 Å². The van der Waals surface area contributed by atoms with Gasteiger partial charge in [-0.3, -0.25) is 9.36 Å². The fourth-order valence-corrected chi connectivity index (χ4v) is 3.38. The minimum atomic E-state index is -1.00. The summed E-state index contributed by atoms with van der Waals surface area (Å²) in [6.45, 7) is 3.41. The zero-order valence-corrected chi connectivity index (χ0v) is 17.6. The van der Waals surface area contributed by atoms with E-state index in [4.69, 9.17) is 10.00 Å². The van der Waals surface area contributed by atoms with Gasteiger partial charge in [-0.2, -0.15) is 5.26 Å². The molecule has 0 saturated carbocycles. The Bertz CT molecular complexity index is 1340. The predicted octanol–water partition coefficient (Wildman–Crippen LogP) is 4.39. The number of nitrogens with one attached hydrogen (secondary N) is 1. The van der Waals surface area contributed by atoms with E-state index in [9.17, 15) is 9.59 Å². The van der Waals surface area contributed by atoms with E-state index >= 15 is 0 Å². The van der Waals surface area contributed by atoms with Crippen molar-refractivity contribution >= 4 is 28.6 Å². The first-order valence-corrected chi connectivity index (χ1v) is 10.0. The van der Waals surface area contributed by atoms with Crippen LogP contribution in [0.2, 0.25) is 0 Å². The van der Waals surface area contributed by atoms with Crippen LogP contribution in [0.5, 0.6) is 0 Å². The van der Waals surface area contributed by atoms with Crippen LogP contribution >= 0.6 is 0 Å². The number of hydrogen-bond donors (Lipinski definition) is 1. The van der Waals surface area contributed by atoms with Crippen molar-refractivity contribution in [1.29, 1.82) is 5.26 Å². The first-order chi connectivity index (χ1) is 15.5. The van der Waals surface area contributed by atoms with Gasteiger partial charge in [-0.15, -0.1) is 0 Å². The van der Waals surface area contributed by atoms with Gasteiger partial charge in [0, 0.05) is 11.4 Å². The van der Waals surface area contributed by atoms with Crippen LogP contribution in [0.15, 0.2) is 72.8 Å². The second kappa shape index (κ2) is 8.74. The van der Waals surface area contributed by atoms with Crippen molar-refractivity contribution in [3.8, 4) is 11.8 Å². The summed E-state index contributed by atoms with van der Waals surface area (Å²) in [6, 6.07) is 23.4. The van der Waals surface area contributed by atoms with E-state index in [-0.39, 0.29) is 0 Å². The molecule has 1 heterocycles. The van der Waals surface area contributed by atoms with Gasteiger partial charge >= 0.3 is 5.97 Å². The van der Waals surface area contributed by atoms with Crippen LogP contribution in [0.4, 0.5) is 5.69 Å². The number of ether oxygens (including phenoxy) is 1. The Balaban J connectivity index is 1.48. The van der Waals surface area contributed by atoms with E-state index in [0.717, 1.165) is 17.0 Å². The standard InChI is InChI=1S/C25H20N4O3/c1-16(24(30)28-20-11-8-18(15-26)9-12-20)32-25(31)19-10-13-23-22(14-19)27-17(2)29(23)21-6-4-3-5-7-21/h3-14,16H,1-2H3,(H,28,30)/t16-/m1/s1. The lowest BCUT2D eigenvalue weighted by atomic mass is 10.2. The molecule has 1 aromatic heterocycles. The zero-order valence-electron chi connectivity index (χ0n) is 17.6.